The molecule has 5 heteroatoms. The van der Waals surface area contributed by atoms with Crippen LogP contribution in [0.15, 0.2) is 23.3 Å². The molecule has 0 unspecified atom stereocenters. The zero-order valence-electron chi connectivity index (χ0n) is 11.3. The number of nitrogens with zero attached hydrogens (tertiary/aromatic N) is 2. The van der Waals surface area contributed by atoms with Crippen molar-refractivity contribution in [1.82, 2.24) is 9.13 Å². The lowest BCUT2D eigenvalue weighted by molar-refractivity contribution is 0.0601. The van der Waals surface area contributed by atoms with E-state index >= 15 is 0 Å². The van der Waals surface area contributed by atoms with Crippen LogP contribution in [0.1, 0.15) is 30.1 Å². The van der Waals surface area contributed by atoms with Gasteiger partial charge >= 0.3 is 5.97 Å². The summed E-state index contributed by atoms with van der Waals surface area (Å²) in [5, 5.41) is 0.568. The van der Waals surface area contributed by atoms with Crippen molar-refractivity contribution in [1.29, 1.82) is 0 Å². The van der Waals surface area contributed by atoms with Crippen LogP contribution in [-0.4, -0.2) is 22.2 Å². The van der Waals surface area contributed by atoms with Crippen LogP contribution in [0.25, 0.3) is 10.9 Å². The van der Waals surface area contributed by atoms with Gasteiger partial charge in [0.05, 0.1) is 18.0 Å². The highest BCUT2D eigenvalue weighted by molar-refractivity contribution is 6.02. The molecule has 0 aromatic carbocycles. The van der Waals surface area contributed by atoms with Gasteiger partial charge in [-0.1, -0.05) is 0 Å². The molecule has 2 aromatic heterocycles. The Hall–Kier alpha value is -2.04. The molecule has 19 heavy (non-hydrogen) atoms. The quantitative estimate of drug-likeness (QED) is 0.771. The van der Waals surface area contributed by atoms with Crippen molar-refractivity contribution in [2.45, 2.75) is 25.3 Å². The lowest BCUT2D eigenvalue weighted by atomic mass is 10.2. The molecule has 0 spiro atoms. The Balaban J connectivity index is 2.40. The molecule has 0 aliphatic heterocycles. The molecule has 100 valence electrons. The minimum atomic E-state index is -0.412. The van der Waals surface area contributed by atoms with Crippen LogP contribution in [0.2, 0.25) is 0 Å². The number of carbonyl (C=O) groups is 1. The predicted octanol–water partition coefficient (Wildman–Crippen LogP) is 1.64. The van der Waals surface area contributed by atoms with Crippen molar-refractivity contribution in [2.75, 3.05) is 7.11 Å². The number of esters is 1. The molecule has 1 saturated carbocycles. The molecule has 3 rings (SSSR count). The van der Waals surface area contributed by atoms with Crippen LogP contribution in [0.4, 0.5) is 0 Å². The van der Waals surface area contributed by atoms with Crippen LogP contribution in [0.3, 0.4) is 0 Å². The Labute approximate surface area is 110 Å². The fraction of sp³-hybridized carbons (Fsp3) is 0.429. The molecule has 5 nitrogen and oxygen atoms in total. The largest absolute Gasteiger partial charge is 0.465 e. The van der Waals surface area contributed by atoms with E-state index in [1.807, 2.05) is 14.0 Å². The summed E-state index contributed by atoms with van der Waals surface area (Å²) in [5.41, 5.74) is 0.891. The second-order valence-corrected chi connectivity index (χ2v) is 5.40. The number of fused-ring (bicyclic) bond motifs is 1. The molecule has 1 aliphatic carbocycles. The molecular weight excluding hydrogens is 244 g/mol. The van der Waals surface area contributed by atoms with E-state index in [1.165, 1.54) is 7.11 Å². The lowest BCUT2D eigenvalue weighted by Gasteiger charge is -2.15. The highest BCUT2D eigenvalue weighted by Gasteiger charge is 2.41. The first kappa shape index (κ1) is 12.0. The average Bonchev–Trinajstić information content (AvgIpc) is 3.02. The zero-order chi connectivity index (χ0) is 13.8. The van der Waals surface area contributed by atoms with E-state index in [4.69, 9.17) is 4.74 Å². The number of pyridine rings is 1. The minimum absolute atomic E-state index is 0.0387. The summed E-state index contributed by atoms with van der Waals surface area (Å²) >= 11 is 0. The fourth-order valence-electron chi connectivity index (χ4n) is 2.50. The Morgan fingerprint density at radius 1 is 1.42 bits per heavy atom. The topological polar surface area (TPSA) is 53.2 Å². The number of hydrogen-bond acceptors (Lipinski definition) is 3. The number of rotatable bonds is 2. The molecule has 0 bridgehead atoms. The molecule has 2 aromatic rings. The highest BCUT2D eigenvalue weighted by atomic mass is 16.5. The normalized spacial score (nSPS) is 16.6. The fourth-order valence-corrected chi connectivity index (χ4v) is 2.50. The van der Waals surface area contributed by atoms with E-state index in [9.17, 15) is 9.59 Å². The number of aryl methyl sites for hydroxylation is 1. The Morgan fingerprint density at radius 3 is 2.68 bits per heavy atom. The molecule has 0 atom stereocenters. The van der Waals surface area contributed by atoms with Gasteiger partial charge in [-0.2, -0.15) is 0 Å². The van der Waals surface area contributed by atoms with Gasteiger partial charge in [0.2, 0.25) is 0 Å². The van der Waals surface area contributed by atoms with Gasteiger partial charge in [-0.15, -0.1) is 0 Å². The van der Waals surface area contributed by atoms with Gasteiger partial charge in [-0.3, -0.25) is 4.79 Å². The van der Waals surface area contributed by atoms with Gasteiger partial charge in [-0.05, 0) is 25.8 Å². The summed E-state index contributed by atoms with van der Waals surface area (Å²) < 4.78 is 8.29. The first-order valence-electron chi connectivity index (χ1n) is 6.27. The third kappa shape index (κ3) is 1.61. The van der Waals surface area contributed by atoms with Crippen LogP contribution in [-0.2, 0) is 17.3 Å². The van der Waals surface area contributed by atoms with Gasteiger partial charge in [-0.25, -0.2) is 4.79 Å². The van der Waals surface area contributed by atoms with E-state index in [1.54, 1.807) is 27.6 Å². The van der Waals surface area contributed by atoms with Crippen molar-refractivity contribution in [3.05, 3.63) is 34.4 Å². The number of ether oxygens (including phenoxy) is 1. The van der Waals surface area contributed by atoms with E-state index in [-0.39, 0.29) is 11.1 Å². The highest BCUT2D eigenvalue weighted by Crippen LogP contribution is 2.42. The smallest absolute Gasteiger partial charge is 0.341 e. The Bertz CT molecular complexity index is 735. The van der Waals surface area contributed by atoms with Crippen LogP contribution in [0.5, 0.6) is 0 Å². The van der Waals surface area contributed by atoms with Crippen LogP contribution in [0, 0.1) is 0 Å². The minimum Gasteiger partial charge on any atom is -0.465 e. The summed E-state index contributed by atoms with van der Waals surface area (Å²) in [6.45, 7) is 2.03. The first-order valence-corrected chi connectivity index (χ1v) is 6.27. The van der Waals surface area contributed by atoms with Gasteiger partial charge in [0.15, 0.2) is 0 Å². The van der Waals surface area contributed by atoms with Gasteiger partial charge < -0.3 is 13.9 Å². The molecule has 1 aliphatic rings. The standard InChI is InChI=1S/C14H16N2O3/c1-14(5-6-14)16-8-10(13(18)19-3)11-9(12(16)17)4-7-15(11)2/h4,7-8H,5-6H2,1-3H3. The van der Waals surface area contributed by atoms with Crippen molar-refractivity contribution in [2.24, 2.45) is 7.05 Å². The Morgan fingerprint density at radius 2 is 2.11 bits per heavy atom. The van der Waals surface area contributed by atoms with E-state index in [0.29, 0.717) is 16.5 Å². The summed E-state index contributed by atoms with van der Waals surface area (Å²) in [6, 6.07) is 1.76. The first-order chi connectivity index (χ1) is 8.98. The number of hydrogen-bond donors (Lipinski definition) is 0. The monoisotopic (exact) mass is 260 g/mol. The molecular formula is C14H16N2O3. The van der Waals surface area contributed by atoms with E-state index in [0.717, 1.165) is 12.8 Å². The van der Waals surface area contributed by atoms with Crippen molar-refractivity contribution in [3.8, 4) is 0 Å². The van der Waals surface area contributed by atoms with Crippen molar-refractivity contribution in [3.63, 3.8) is 0 Å². The second kappa shape index (κ2) is 3.73. The number of carbonyl (C=O) groups excluding carboxylic acids is 1. The third-order valence-electron chi connectivity index (χ3n) is 4.00. The zero-order valence-corrected chi connectivity index (χ0v) is 11.3. The van der Waals surface area contributed by atoms with Gasteiger partial charge in [0.1, 0.15) is 5.56 Å². The lowest BCUT2D eigenvalue weighted by Crippen LogP contribution is -2.29. The summed E-state index contributed by atoms with van der Waals surface area (Å²) in [4.78, 5) is 24.4. The molecule has 0 amide bonds. The summed E-state index contributed by atoms with van der Waals surface area (Å²) in [7, 11) is 3.17. The maximum absolute atomic E-state index is 12.5. The summed E-state index contributed by atoms with van der Waals surface area (Å²) in [5.74, 6) is -0.412. The van der Waals surface area contributed by atoms with Crippen molar-refractivity contribution < 1.29 is 9.53 Å². The number of methoxy groups -OCH3 is 1. The molecule has 2 heterocycles. The molecule has 0 N–H and O–H groups in total. The van der Waals surface area contributed by atoms with E-state index in [2.05, 4.69) is 0 Å². The molecule has 1 fully saturated rings. The average molecular weight is 260 g/mol. The van der Waals surface area contributed by atoms with Crippen LogP contribution < -0.4 is 5.56 Å². The van der Waals surface area contributed by atoms with Crippen LogP contribution >= 0.6 is 0 Å². The maximum atomic E-state index is 12.5. The van der Waals surface area contributed by atoms with E-state index < -0.39 is 5.97 Å². The van der Waals surface area contributed by atoms with Gasteiger partial charge in [0.25, 0.3) is 5.56 Å². The SMILES string of the molecule is COC(=O)c1cn(C2(C)CC2)c(=O)c2ccn(C)c12. The maximum Gasteiger partial charge on any atom is 0.341 e. The number of aromatic nitrogens is 2. The Kier molecular flexibility index (Phi) is 2.36. The molecule has 0 saturated heterocycles. The predicted molar refractivity (Wildman–Crippen MR) is 71.4 cm³/mol. The van der Waals surface area contributed by atoms with Gasteiger partial charge in [0, 0.05) is 25.0 Å². The summed E-state index contributed by atoms with van der Waals surface area (Å²) in [6.07, 6.45) is 5.36. The second-order valence-electron chi connectivity index (χ2n) is 5.40. The molecule has 0 radical (unpaired) electrons. The third-order valence-corrected chi connectivity index (χ3v) is 4.00. The van der Waals surface area contributed by atoms with Crippen molar-refractivity contribution >= 4 is 16.9 Å².